The minimum absolute atomic E-state index is 0.612. The van der Waals surface area contributed by atoms with E-state index in [-0.39, 0.29) is 0 Å². The third-order valence-corrected chi connectivity index (χ3v) is 2.64. The highest BCUT2D eigenvalue weighted by molar-refractivity contribution is 6.30. The fraction of sp³-hybridized carbons (Fsp3) is 0.333. The van der Waals surface area contributed by atoms with Gasteiger partial charge in [-0.1, -0.05) is 16.8 Å². The number of hydrogen-bond acceptors (Lipinski definition) is 4. The summed E-state index contributed by atoms with van der Waals surface area (Å²) in [6, 6.07) is 7.39. The SMILES string of the molecule is CNCCCc1nc(-c2ccc(Cl)cc2)no1. The molecule has 1 aromatic heterocycles. The Bertz CT molecular complexity index is 467. The normalized spacial score (nSPS) is 10.7. The number of rotatable bonds is 5. The van der Waals surface area contributed by atoms with E-state index in [1.54, 1.807) is 0 Å². The van der Waals surface area contributed by atoms with Crippen LogP contribution in [0.5, 0.6) is 0 Å². The van der Waals surface area contributed by atoms with Gasteiger partial charge in [-0.3, -0.25) is 0 Å². The molecule has 0 fully saturated rings. The molecule has 0 bridgehead atoms. The highest BCUT2D eigenvalue weighted by Crippen LogP contribution is 2.18. The minimum Gasteiger partial charge on any atom is -0.339 e. The van der Waals surface area contributed by atoms with Gasteiger partial charge in [0.2, 0.25) is 11.7 Å². The van der Waals surface area contributed by atoms with Gasteiger partial charge in [0.25, 0.3) is 0 Å². The maximum Gasteiger partial charge on any atom is 0.227 e. The van der Waals surface area contributed by atoms with E-state index in [0.717, 1.165) is 24.9 Å². The molecule has 1 N–H and O–H groups in total. The number of benzene rings is 1. The zero-order chi connectivity index (χ0) is 12.1. The molecule has 0 aliphatic heterocycles. The molecule has 0 atom stereocenters. The molecule has 0 unspecified atom stereocenters. The molecule has 2 aromatic rings. The summed E-state index contributed by atoms with van der Waals surface area (Å²) in [5, 5.41) is 7.72. The van der Waals surface area contributed by atoms with Crippen molar-refractivity contribution in [3.05, 3.63) is 35.2 Å². The summed E-state index contributed by atoms with van der Waals surface area (Å²) in [4.78, 5) is 4.33. The number of aryl methyl sites for hydroxylation is 1. The molecule has 0 aliphatic carbocycles. The summed E-state index contributed by atoms with van der Waals surface area (Å²) in [6.45, 7) is 0.943. The van der Waals surface area contributed by atoms with Gasteiger partial charge < -0.3 is 9.84 Å². The molecule has 2 rings (SSSR count). The van der Waals surface area contributed by atoms with Crippen molar-refractivity contribution in [3.8, 4) is 11.4 Å². The lowest BCUT2D eigenvalue weighted by Crippen LogP contribution is -2.08. The van der Waals surface area contributed by atoms with Crippen molar-refractivity contribution in [2.24, 2.45) is 0 Å². The molecule has 17 heavy (non-hydrogen) atoms. The van der Waals surface area contributed by atoms with E-state index in [0.29, 0.717) is 16.7 Å². The van der Waals surface area contributed by atoms with Crippen LogP contribution in [0.4, 0.5) is 0 Å². The van der Waals surface area contributed by atoms with Crippen molar-refractivity contribution in [3.63, 3.8) is 0 Å². The van der Waals surface area contributed by atoms with Crippen LogP contribution in [0.1, 0.15) is 12.3 Å². The minimum atomic E-state index is 0.612. The fourth-order valence-electron chi connectivity index (χ4n) is 1.49. The molecule has 90 valence electrons. The molecular weight excluding hydrogens is 238 g/mol. The Balaban J connectivity index is 2.04. The topological polar surface area (TPSA) is 51.0 Å². The van der Waals surface area contributed by atoms with Crippen molar-refractivity contribution in [1.29, 1.82) is 0 Å². The van der Waals surface area contributed by atoms with Crippen LogP contribution in [0.25, 0.3) is 11.4 Å². The molecule has 0 spiro atoms. The second kappa shape index (κ2) is 5.80. The van der Waals surface area contributed by atoms with Crippen LogP contribution in [0.2, 0.25) is 5.02 Å². The maximum atomic E-state index is 5.82. The third-order valence-electron chi connectivity index (χ3n) is 2.39. The summed E-state index contributed by atoms with van der Waals surface area (Å²) >= 11 is 5.82. The quantitative estimate of drug-likeness (QED) is 0.830. The zero-order valence-corrected chi connectivity index (χ0v) is 10.4. The van der Waals surface area contributed by atoms with Gasteiger partial charge in [-0.2, -0.15) is 4.98 Å². The van der Waals surface area contributed by atoms with E-state index in [9.17, 15) is 0 Å². The van der Waals surface area contributed by atoms with Gasteiger partial charge in [0.15, 0.2) is 0 Å². The Hall–Kier alpha value is -1.39. The lowest BCUT2D eigenvalue weighted by molar-refractivity contribution is 0.375. The average molecular weight is 252 g/mol. The molecule has 1 heterocycles. The second-order valence-corrected chi connectivity index (χ2v) is 4.16. The Labute approximate surface area is 105 Å². The second-order valence-electron chi connectivity index (χ2n) is 3.73. The fourth-order valence-corrected chi connectivity index (χ4v) is 1.62. The van der Waals surface area contributed by atoms with Crippen LogP contribution in [-0.2, 0) is 6.42 Å². The maximum absolute atomic E-state index is 5.82. The van der Waals surface area contributed by atoms with Crippen LogP contribution in [0, 0.1) is 0 Å². The van der Waals surface area contributed by atoms with Crippen molar-refractivity contribution in [2.45, 2.75) is 12.8 Å². The lowest BCUT2D eigenvalue weighted by atomic mass is 10.2. The van der Waals surface area contributed by atoms with Gasteiger partial charge >= 0.3 is 0 Å². The van der Waals surface area contributed by atoms with Crippen LogP contribution in [0.15, 0.2) is 28.8 Å². The first kappa shape index (κ1) is 12.1. The third kappa shape index (κ3) is 3.28. The molecule has 0 saturated heterocycles. The Kier molecular flexibility index (Phi) is 4.12. The Morgan fingerprint density at radius 2 is 2.06 bits per heavy atom. The molecule has 5 heteroatoms. The van der Waals surface area contributed by atoms with Crippen molar-refractivity contribution < 1.29 is 4.52 Å². The van der Waals surface area contributed by atoms with Crippen molar-refractivity contribution in [1.82, 2.24) is 15.5 Å². The number of halogens is 1. The predicted molar refractivity (Wildman–Crippen MR) is 67.0 cm³/mol. The first-order valence-corrected chi connectivity index (χ1v) is 5.90. The monoisotopic (exact) mass is 251 g/mol. The molecule has 4 nitrogen and oxygen atoms in total. The van der Waals surface area contributed by atoms with Gasteiger partial charge in [-0.05, 0) is 44.3 Å². The number of nitrogens with zero attached hydrogens (tertiary/aromatic N) is 2. The molecule has 0 amide bonds. The van der Waals surface area contributed by atoms with Gasteiger partial charge in [-0.15, -0.1) is 0 Å². The predicted octanol–water partition coefficient (Wildman–Crippen LogP) is 2.54. The van der Waals surface area contributed by atoms with Gasteiger partial charge in [0.1, 0.15) is 0 Å². The van der Waals surface area contributed by atoms with Gasteiger partial charge in [-0.25, -0.2) is 0 Å². The molecule has 0 radical (unpaired) electrons. The molecule has 1 aromatic carbocycles. The molecule has 0 saturated carbocycles. The van der Waals surface area contributed by atoms with Crippen molar-refractivity contribution in [2.75, 3.05) is 13.6 Å². The number of nitrogens with one attached hydrogen (secondary N) is 1. The number of aromatic nitrogens is 2. The summed E-state index contributed by atoms with van der Waals surface area (Å²) in [5.74, 6) is 1.28. The van der Waals surface area contributed by atoms with E-state index >= 15 is 0 Å². The first-order valence-electron chi connectivity index (χ1n) is 5.52. The van der Waals surface area contributed by atoms with E-state index in [1.165, 1.54) is 0 Å². The average Bonchev–Trinajstić information content (AvgIpc) is 2.79. The Morgan fingerprint density at radius 3 is 2.76 bits per heavy atom. The smallest absolute Gasteiger partial charge is 0.227 e. The summed E-state index contributed by atoms with van der Waals surface area (Å²) in [7, 11) is 1.92. The van der Waals surface area contributed by atoms with Crippen molar-refractivity contribution >= 4 is 11.6 Å². The molecular formula is C12H14ClN3O. The van der Waals surface area contributed by atoms with Crippen LogP contribution in [0.3, 0.4) is 0 Å². The van der Waals surface area contributed by atoms with Gasteiger partial charge in [0, 0.05) is 17.0 Å². The van der Waals surface area contributed by atoms with Crippen LogP contribution >= 0.6 is 11.6 Å². The van der Waals surface area contributed by atoms with Crippen LogP contribution < -0.4 is 5.32 Å². The summed E-state index contributed by atoms with van der Waals surface area (Å²) < 4.78 is 5.17. The Morgan fingerprint density at radius 1 is 1.29 bits per heavy atom. The van der Waals surface area contributed by atoms with E-state index in [2.05, 4.69) is 15.5 Å². The molecule has 0 aliphatic rings. The summed E-state index contributed by atoms with van der Waals surface area (Å²) in [5.41, 5.74) is 0.915. The zero-order valence-electron chi connectivity index (χ0n) is 9.61. The van der Waals surface area contributed by atoms with E-state index in [4.69, 9.17) is 16.1 Å². The van der Waals surface area contributed by atoms with Crippen LogP contribution in [-0.4, -0.2) is 23.7 Å². The van der Waals surface area contributed by atoms with Gasteiger partial charge in [0.05, 0.1) is 0 Å². The highest BCUT2D eigenvalue weighted by atomic mass is 35.5. The standard InChI is InChI=1S/C12H14ClN3O/c1-14-8-2-3-11-15-12(16-17-11)9-4-6-10(13)7-5-9/h4-7,14H,2-3,8H2,1H3. The van der Waals surface area contributed by atoms with E-state index < -0.39 is 0 Å². The lowest BCUT2D eigenvalue weighted by Gasteiger charge is -1.94. The highest BCUT2D eigenvalue weighted by Gasteiger charge is 2.07. The first-order chi connectivity index (χ1) is 8.29. The van der Waals surface area contributed by atoms with E-state index in [1.807, 2.05) is 31.3 Å². The summed E-state index contributed by atoms with van der Waals surface area (Å²) in [6.07, 6.45) is 1.78. The largest absolute Gasteiger partial charge is 0.339 e. The number of hydrogen-bond donors (Lipinski definition) is 1.